The van der Waals surface area contributed by atoms with Crippen LogP contribution in [0.1, 0.15) is 48.0 Å². The molecular weight excluding hydrogens is 474 g/mol. The van der Waals surface area contributed by atoms with Crippen molar-refractivity contribution in [1.82, 2.24) is 15.2 Å². The van der Waals surface area contributed by atoms with Gasteiger partial charge >= 0.3 is 6.03 Å². The number of nitrogens with zero attached hydrogens (tertiary/aromatic N) is 2. The molecule has 1 unspecified atom stereocenters. The molecule has 5 rings (SSSR count). The zero-order chi connectivity index (χ0) is 25.0. The molecule has 8 heteroatoms. The highest BCUT2D eigenvalue weighted by molar-refractivity contribution is 6.30. The first-order chi connectivity index (χ1) is 17.5. The molecule has 36 heavy (non-hydrogen) atoms. The Hall–Kier alpha value is -3.42. The molecule has 1 spiro atoms. The fourth-order valence-corrected chi connectivity index (χ4v) is 5.64. The zero-order valence-electron chi connectivity index (χ0n) is 20.0. The van der Waals surface area contributed by atoms with Gasteiger partial charge in [-0.1, -0.05) is 60.8 Å². The van der Waals surface area contributed by atoms with Gasteiger partial charge < -0.3 is 16.0 Å². The number of likely N-dealkylation sites (tertiary alicyclic amines) is 1. The summed E-state index contributed by atoms with van der Waals surface area (Å²) in [5, 5.41) is 9.30. The maximum Gasteiger partial charge on any atom is 0.319 e. The topological polar surface area (TPSA) is 86.4 Å². The van der Waals surface area contributed by atoms with E-state index in [0.29, 0.717) is 22.1 Å². The average molecular weight is 504 g/mol. The monoisotopic (exact) mass is 503 g/mol. The number of carbonyl (C=O) groups is 2. The summed E-state index contributed by atoms with van der Waals surface area (Å²) < 4.78 is 0. The lowest BCUT2D eigenvalue weighted by Crippen LogP contribution is -2.40. The number of pyridine rings is 1. The van der Waals surface area contributed by atoms with Crippen molar-refractivity contribution in [2.24, 2.45) is 0 Å². The predicted molar refractivity (Wildman–Crippen MR) is 142 cm³/mol. The van der Waals surface area contributed by atoms with E-state index in [2.05, 4.69) is 50.1 Å². The summed E-state index contributed by atoms with van der Waals surface area (Å²) >= 11 is 5.85. The van der Waals surface area contributed by atoms with E-state index in [1.807, 2.05) is 6.07 Å². The predicted octanol–water partition coefficient (Wildman–Crippen LogP) is 5.70. The van der Waals surface area contributed by atoms with Gasteiger partial charge in [-0.05, 0) is 55.2 Å². The highest BCUT2D eigenvalue weighted by atomic mass is 35.5. The third kappa shape index (κ3) is 5.69. The summed E-state index contributed by atoms with van der Waals surface area (Å²) in [6, 6.07) is 20.5. The van der Waals surface area contributed by atoms with Crippen molar-refractivity contribution in [3.8, 4) is 0 Å². The Labute approximate surface area is 216 Å². The number of carbonyl (C=O) groups excluding carboxylic acids is 2. The summed E-state index contributed by atoms with van der Waals surface area (Å²) in [5.74, 6) is 0.0899. The fourth-order valence-electron chi connectivity index (χ4n) is 5.53. The van der Waals surface area contributed by atoms with Crippen molar-refractivity contribution in [2.45, 2.75) is 50.2 Å². The molecule has 1 saturated carbocycles. The average Bonchev–Trinajstić information content (AvgIpc) is 3.48. The first-order valence-corrected chi connectivity index (χ1v) is 12.8. The van der Waals surface area contributed by atoms with Crippen molar-refractivity contribution in [3.05, 3.63) is 89.1 Å². The summed E-state index contributed by atoms with van der Waals surface area (Å²) in [6.07, 6.45) is 7.27. The van der Waals surface area contributed by atoms with Crippen LogP contribution in [0.25, 0.3) is 0 Å². The van der Waals surface area contributed by atoms with Crippen molar-refractivity contribution in [1.29, 1.82) is 0 Å². The van der Waals surface area contributed by atoms with Crippen LogP contribution in [0.5, 0.6) is 0 Å². The van der Waals surface area contributed by atoms with Gasteiger partial charge in [0.1, 0.15) is 5.82 Å². The van der Waals surface area contributed by atoms with E-state index in [1.165, 1.54) is 37.4 Å². The Bertz CT molecular complexity index is 1210. The molecule has 1 aliphatic heterocycles. The molecule has 2 aliphatic rings. The standard InChI is InChI=1S/C28H30ClN5O2/c29-22-11-12-25(30-17-22)33-26(35)21-9-6-10-23(15-21)31-27(36)32-24-16-28(13-4-5-14-28)34(19-24)18-20-7-2-1-3-8-20/h1-3,6-12,15,17,24H,4-5,13-14,16,18-19H2,(H,30,33,35)(H2,31,32,36). The van der Waals surface area contributed by atoms with Gasteiger partial charge in [0.2, 0.25) is 0 Å². The maximum absolute atomic E-state index is 12.9. The lowest BCUT2D eigenvalue weighted by atomic mass is 9.92. The molecule has 2 aromatic carbocycles. The Kier molecular flexibility index (Phi) is 7.20. The van der Waals surface area contributed by atoms with Gasteiger partial charge in [0.05, 0.1) is 5.02 Å². The lowest BCUT2D eigenvalue weighted by molar-refractivity contribution is 0.102. The zero-order valence-corrected chi connectivity index (χ0v) is 20.8. The molecule has 0 bridgehead atoms. The number of hydrogen-bond donors (Lipinski definition) is 3. The molecule has 1 aliphatic carbocycles. The number of anilines is 2. The quantitative estimate of drug-likeness (QED) is 0.403. The van der Waals surface area contributed by atoms with Crippen molar-refractivity contribution < 1.29 is 9.59 Å². The Morgan fingerprint density at radius 2 is 1.81 bits per heavy atom. The van der Waals surface area contributed by atoms with E-state index >= 15 is 0 Å². The van der Waals surface area contributed by atoms with Crippen LogP contribution in [0.15, 0.2) is 72.9 Å². The minimum atomic E-state index is -0.315. The number of urea groups is 1. The smallest absolute Gasteiger partial charge is 0.319 e. The van der Waals surface area contributed by atoms with Gasteiger partial charge in [0.25, 0.3) is 5.91 Å². The third-order valence-corrected chi connectivity index (χ3v) is 7.40. The number of hydrogen-bond acceptors (Lipinski definition) is 4. The van der Waals surface area contributed by atoms with Crippen LogP contribution < -0.4 is 16.0 Å². The summed E-state index contributed by atoms with van der Waals surface area (Å²) in [5.41, 5.74) is 2.45. The molecule has 1 atom stereocenters. The molecule has 7 nitrogen and oxygen atoms in total. The van der Waals surface area contributed by atoms with E-state index in [0.717, 1.165) is 19.5 Å². The van der Waals surface area contributed by atoms with Crippen molar-refractivity contribution >= 4 is 35.0 Å². The van der Waals surface area contributed by atoms with E-state index in [-0.39, 0.29) is 23.5 Å². The van der Waals surface area contributed by atoms with E-state index < -0.39 is 0 Å². The van der Waals surface area contributed by atoms with Gasteiger partial charge in [-0.2, -0.15) is 0 Å². The van der Waals surface area contributed by atoms with Gasteiger partial charge in [-0.15, -0.1) is 0 Å². The second-order valence-electron chi connectivity index (χ2n) is 9.69. The second-order valence-corrected chi connectivity index (χ2v) is 10.1. The number of benzene rings is 2. The Balaban J connectivity index is 1.20. The van der Waals surface area contributed by atoms with Crippen molar-refractivity contribution in [3.63, 3.8) is 0 Å². The lowest BCUT2D eigenvalue weighted by Gasteiger charge is -2.34. The van der Waals surface area contributed by atoms with Crippen LogP contribution in [-0.4, -0.2) is 39.9 Å². The van der Waals surface area contributed by atoms with Crippen LogP contribution in [-0.2, 0) is 6.54 Å². The highest BCUT2D eigenvalue weighted by Gasteiger charge is 2.47. The van der Waals surface area contributed by atoms with Gasteiger partial charge in [0, 0.05) is 42.1 Å². The molecule has 1 saturated heterocycles. The second kappa shape index (κ2) is 10.7. The largest absolute Gasteiger partial charge is 0.334 e. The van der Waals surface area contributed by atoms with Crippen LogP contribution in [0.2, 0.25) is 5.02 Å². The molecule has 3 aromatic rings. The third-order valence-electron chi connectivity index (χ3n) is 7.18. The summed E-state index contributed by atoms with van der Waals surface area (Å²) in [7, 11) is 0. The Morgan fingerprint density at radius 1 is 1.00 bits per heavy atom. The van der Waals surface area contributed by atoms with Crippen LogP contribution >= 0.6 is 11.6 Å². The summed E-state index contributed by atoms with van der Waals surface area (Å²) in [4.78, 5) is 32.2. The van der Waals surface area contributed by atoms with Crippen LogP contribution in [0.3, 0.4) is 0 Å². The number of rotatable bonds is 6. The van der Waals surface area contributed by atoms with Gasteiger partial charge in [-0.25, -0.2) is 9.78 Å². The van der Waals surface area contributed by atoms with Crippen molar-refractivity contribution in [2.75, 3.05) is 17.2 Å². The molecule has 2 fully saturated rings. The fraction of sp³-hybridized carbons (Fsp3) is 0.321. The number of halogens is 1. The molecule has 3 amide bonds. The van der Waals surface area contributed by atoms with Crippen LogP contribution in [0.4, 0.5) is 16.3 Å². The number of amides is 3. The normalized spacial score (nSPS) is 18.8. The van der Waals surface area contributed by atoms with Crippen LogP contribution in [0, 0.1) is 0 Å². The Morgan fingerprint density at radius 3 is 2.56 bits per heavy atom. The van der Waals surface area contributed by atoms with E-state index in [4.69, 9.17) is 11.6 Å². The first kappa shape index (κ1) is 24.3. The highest BCUT2D eigenvalue weighted by Crippen LogP contribution is 2.43. The molecular formula is C28H30ClN5O2. The number of nitrogens with one attached hydrogen (secondary N) is 3. The number of aromatic nitrogens is 1. The minimum absolute atomic E-state index is 0.0780. The van der Waals surface area contributed by atoms with E-state index in [9.17, 15) is 9.59 Å². The molecule has 186 valence electrons. The maximum atomic E-state index is 12.9. The van der Waals surface area contributed by atoms with Gasteiger partial charge in [-0.3, -0.25) is 9.69 Å². The molecule has 3 N–H and O–H groups in total. The molecule has 2 heterocycles. The van der Waals surface area contributed by atoms with E-state index in [1.54, 1.807) is 36.4 Å². The summed E-state index contributed by atoms with van der Waals surface area (Å²) in [6.45, 7) is 1.74. The minimum Gasteiger partial charge on any atom is -0.334 e. The molecule has 1 aromatic heterocycles. The SMILES string of the molecule is O=C(Nc1cccc(C(=O)Nc2ccc(Cl)cn2)c1)NC1CN(Cc2ccccc2)C2(CCCC2)C1. The molecule has 0 radical (unpaired) electrons. The van der Waals surface area contributed by atoms with Gasteiger partial charge in [0.15, 0.2) is 0 Å². The first-order valence-electron chi connectivity index (χ1n) is 12.4.